The summed E-state index contributed by atoms with van der Waals surface area (Å²) in [6, 6.07) is 0.440. The predicted molar refractivity (Wildman–Crippen MR) is 113 cm³/mol. The number of likely N-dealkylation sites (tertiary alicyclic amines) is 1. The number of aromatic nitrogens is 4. The molecule has 3 aliphatic heterocycles. The van der Waals surface area contributed by atoms with Crippen LogP contribution in [0.2, 0.25) is 0 Å². The van der Waals surface area contributed by atoms with Gasteiger partial charge in [0.25, 0.3) is 0 Å². The van der Waals surface area contributed by atoms with E-state index in [4.69, 9.17) is 4.74 Å². The summed E-state index contributed by atoms with van der Waals surface area (Å²) in [5, 5.41) is 5.68. The molecule has 0 atom stereocenters. The highest BCUT2D eigenvalue weighted by Gasteiger charge is 2.30. The lowest BCUT2D eigenvalue weighted by Crippen LogP contribution is -2.53. The van der Waals surface area contributed by atoms with Crippen LogP contribution in [0.25, 0.3) is 11.0 Å². The zero-order valence-electron chi connectivity index (χ0n) is 17.6. The molecule has 0 radical (unpaired) electrons. The van der Waals surface area contributed by atoms with Gasteiger partial charge in [0, 0.05) is 52.4 Å². The number of likely N-dealkylation sites (N-methyl/N-ethyl adjacent to an activating group) is 1. The molecular formula is C20H30N8O2. The standard InChI is InChI=1S/C20H30N8O2/c1-24-6-8-27(9-7-24)20(29)26-4-2-16(3-5-26)28-19-17(14-23-28)18(21-15-22-19)25-10-12-30-13-11-25/h14-16H,2-13H2,1H3. The number of anilines is 1. The largest absolute Gasteiger partial charge is 0.378 e. The summed E-state index contributed by atoms with van der Waals surface area (Å²) in [5.74, 6) is 0.942. The molecule has 0 N–H and O–H groups in total. The third-order valence-corrected chi connectivity index (χ3v) is 6.54. The Balaban J connectivity index is 1.27. The molecule has 2 aromatic rings. The highest BCUT2D eigenvalue weighted by Crippen LogP contribution is 2.29. The number of urea groups is 1. The minimum Gasteiger partial charge on any atom is -0.378 e. The third-order valence-electron chi connectivity index (χ3n) is 6.54. The maximum atomic E-state index is 12.9. The Morgan fingerprint density at radius 2 is 1.67 bits per heavy atom. The lowest BCUT2D eigenvalue weighted by atomic mass is 10.1. The molecule has 0 saturated carbocycles. The maximum Gasteiger partial charge on any atom is 0.320 e. The number of piperazine rings is 1. The second-order valence-electron chi connectivity index (χ2n) is 8.41. The summed E-state index contributed by atoms with van der Waals surface area (Å²) >= 11 is 0. The third kappa shape index (κ3) is 3.69. The molecule has 3 fully saturated rings. The molecular weight excluding hydrogens is 384 g/mol. The maximum absolute atomic E-state index is 12.9. The van der Waals surface area contributed by atoms with Crippen molar-refractivity contribution in [3.05, 3.63) is 12.5 Å². The number of piperidine rings is 1. The van der Waals surface area contributed by atoms with E-state index in [-0.39, 0.29) is 12.1 Å². The molecule has 0 aromatic carbocycles. The smallest absolute Gasteiger partial charge is 0.320 e. The van der Waals surface area contributed by atoms with Crippen molar-refractivity contribution in [2.45, 2.75) is 18.9 Å². The Morgan fingerprint density at radius 3 is 2.40 bits per heavy atom. The lowest BCUT2D eigenvalue weighted by Gasteiger charge is -2.39. The lowest BCUT2D eigenvalue weighted by molar-refractivity contribution is 0.108. The van der Waals surface area contributed by atoms with Crippen LogP contribution < -0.4 is 4.90 Å². The summed E-state index contributed by atoms with van der Waals surface area (Å²) in [6.45, 7) is 8.18. The fourth-order valence-corrected chi connectivity index (χ4v) is 4.64. The summed E-state index contributed by atoms with van der Waals surface area (Å²) in [7, 11) is 2.11. The van der Waals surface area contributed by atoms with Gasteiger partial charge in [-0.1, -0.05) is 0 Å². The van der Waals surface area contributed by atoms with Crippen molar-refractivity contribution >= 4 is 22.9 Å². The predicted octanol–water partition coefficient (Wildman–Crippen LogP) is 0.667. The molecule has 0 bridgehead atoms. The number of hydrogen-bond acceptors (Lipinski definition) is 7. The first-order valence-corrected chi connectivity index (χ1v) is 10.9. The van der Waals surface area contributed by atoms with E-state index in [0.717, 1.165) is 95.3 Å². The van der Waals surface area contributed by atoms with E-state index in [0.29, 0.717) is 0 Å². The van der Waals surface area contributed by atoms with Gasteiger partial charge in [0.1, 0.15) is 12.1 Å². The summed E-state index contributed by atoms with van der Waals surface area (Å²) in [4.78, 5) is 30.4. The van der Waals surface area contributed by atoms with Crippen LogP contribution in [-0.4, -0.2) is 113 Å². The normalized spacial score (nSPS) is 22.1. The van der Waals surface area contributed by atoms with Gasteiger partial charge in [-0.05, 0) is 19.9 Å². The van der Waals surface area contributed by atoms with Crippen LogP contribution in [0.1, 0.15) is 18.9 Å². The molecule has 0 aliphatic carbocycles. The van der Waals surface area contributed by atoms with E-state index in [1.807, 2.05) is 20.7 Å². The number of morpholine rings is 1. The first-order valence-electron chi connectivity index (χ1n) is 10.9. The van der Waals surface area contributed by atoms with E-state index in [1.54, 1.807) is 6.33 Å². The van der Waals surface area contributed by atoms with Crippen LogP contribution in [0.15, 0.2) is 12.5 Å². The van der Waals surface area contributed by atoms with Crippen LogP contribution in [0, 0.1) is 0 Å². The Morgan fingerprint density at radius 1 is 0.967 bits per heavy atom. The van der Waals surface area contributed by atoms with Crippen molar-refractivity contribution in [3.63, 3.8) is 0 Å². The second-order valence-corrected chi connectivity index (χ2v) is 8.41. The van der Waals surface area contributed by atoms with Gasteiger partial charge in [-0.25, -0.2) is 19.4 Å². The van der Waals surface area contributed by atoms with Crippen molar-refractivity contribution in [2.24, 2.45) is 0 Å². The summed E-state index contributed by atoms with van der Waals surface area (Å²) < 4.78 is 7.51. The van der Waals surface area contributed by atoms with E-state index in [1.165, 1.54) is 0 Å². The number of carbonyl (C=O) groups excluding carboxylic acids is 1. The van der Waals surface area contributed by atoms with Crippen LogP contribution in [0.4, 0.5) is 10.6 Å². The number of fused-ring (bicyclic) bond motifs is 1. The molecule has 0 unspecified atom stereocenters. The van der Waals surface area contributed by atoms with Crippen molar-refractivity contribution in [1.82, 2.24) is 34.4 Å². The molecule has 2 amide bonds. The first-order chi connectivity index (χ1) is 14.7. The van der Waals surface area contributed by atoms with Crippen LogP contribution in [0.3, 0.4) is 0 Å². The highest BCUT2D eigenvalue weighted by molar-refractivity contribution is 5.86. The zero-order valence-corrected chi connectivity index (χ0v) is 17.6. The fraction of sp³-hybridized carbons (Fsp3) is 0.700. The zero-order chi connectivity index (χ0) is 20.5. The van der Waals surface area contributed by atoms with Gasteiger partial charge in [-0.15, -0.1) is 0 Å². The Kier molecular flexibility index (Phi) is 5.43. The van der Waals surface area contributed by atoms with Crippen LogP contribution >= 0.6 is 0 Å². The average molecular weight is 415 g/mol. The summed E-state index contributed by atoms with van der Waals surface area (Å²) in [5.41, 5.74) is 0.885. The molecule has 5 heterocycles. The number of ether oxygens (including phenoxy) is 1. The van der Waals surface area contributed by atoms with Gasteiger partial charge in [0.15, 0.2) is 5.65 Å². The molecule has 30 heavy (non-hydrogen) atoms. The van der Waals surface area contributed by atoms with Gasteiger partial charge < -0.3 is 24.3 Å². The number of hydrogen-bond donors (Lipinski definition) is 0. The van der Waals surface area contributed by atoms with Crippen molar-refractivity contribution in [3.8, 4) is 0 Å². The molecule has 5 rings (SSSR count). The van der Waals surface area contributed by atoms with Gasteiger partial charge in [-0.3, -0.25) is 0 Å². The first kappa shape index (κ1) is 19.5. The number of nitrogens with zero attached hydrogens (tertiary/aromatic N) is 8. The van der Waals surface area contributed by atoms with Gasteiger partial charge in [0.05, 0.1) is 30.8 Å². The van der Waals surface area contributed by atoms with E-state index in [9.17, 15) is 4.79 Å². The van der Waals surface area contributed by atoms with Crippen molar-refractivity contribution < 1.29 is 9.53 Å². The SMILES string of the molecule is CN1CCN(C(=O)N2CCC(n3ncc4c(N5CCOCC5)ncnc43)CC2)CC1. The van der Waals surface area contributed by atoms with E-state index >= 15 is 0 Å². The minimum absolute atomic E-state index is 0.184. The second kappa shape index (κ2) is 8.35. The average Bonchev–Trinajstić information content (AvgIpc) is 3.24. The molecule has 10 nitrogen and oxygen atoms in total. The molecule has 0 spiro atoms. The molecule has 3 aliphatic rings. The molecule has 162 valence electrons. The Bertz CT molecular complexity index is 880. The number of rotatable bonds is 2. The topological polar surface area (TPSA) is 82.9 Å². The van der Waals surface area contributed by atoms with Gasteiger partial charge >= 0.3 is 6.03 Å². The fourth-order valence-electron chi connectivity index (χ4n) is 4.64. The molecule has 10 heteroatoms. The van der Waals surface area contributed by atoms with Crippen molar-refractivity contribution in [1.29, 1.82) is 0 Å². The highest BCUT2D eigenvalue weighted by atomic mass is 16.5. The Labute approximate surface area is 176 Å². The van der Waals surface area contributed by atoms with Crippen LogP contribution in [0.5, 0.6) is 0 Å². The van der Waals surface area contributed by atoms with Gasteiger partial charge in [0.2, 0.25) is 0 Å². The number of amides is 2. The quantitative estimate of drug-likeness (QED) is 0.714. The molecule has 2 aromatic heterocycles. The van der Waals surface area contributed by atoms with Gasteiger partial charge in [-0.2, -0.15) is 5.10 Å². The Hall–Kier alpha value is -2.46. The van der Waals surface area contributed by atoms with E-state index in [2.05, 4.69) is 31.9 Å². The van der Waals surface area contributed by atoms with E-state index < -0.39 is 0 Å². The van der Waals surface area contributed by atoms with Crippen molar-refractivity contribution in [2.75, 3.05) is 77.5 Å². The minimum atomic E-state index is 0.184. The monoisotopic (exact) mass is 414 g/mol. The molecule has 3 saturated heterocycles. The van der Waals surface area contributed by atoms with Crippen LogP contribution in [-0.2, 0) is 4.74 Å². The number of carbonyl (C=O) groups is 1. The summed E-state index contributed by atoms with van der Waals surface area (Å²) in [6.07, 6.45) is 5.32.